The first kappa shape index (κ1) is 20.7. The lowest BCUT2D eigenvalue weighted by atomic mass is 9.49. The number of nitrogens with zero attached hydrogens (tertiary/aromatic N) is 2. The number of aryl methyl sites for hydroxylation is 1. The van der Waals surface area contributed by atoms with Crippen molar-refractivity contribution >= 4 is 17.5 Å². The number of carbonyl (C=O) groups is 1. The Morgan fingerprint density at radius 2 is 2.00 bits per heavy atom. The average molecular weight is 406 g/mol. The summed E-state index contributed by atoms with van der Waals surface area (Å²) in [5.74, 6) is 0.559. The lowest BCUT2D eigenvalue weighted by Crippen LogP contribution is -2.74. The number of aliphatic hydroxyl groups excluding tert-OH is 1. The van der Waals surface area contributed by atoms with E-state index < -0.39 is 0 Å². The third-order valence-electron chi connectivity index (χ3n) is 5.74. The summed E-state index contributed by atoms with van der Waals surface area (Å²) in [7, 11) is 0. The normalized spacial score (nSPS) is 22.4. The minimum Gasteiger partial charge on any atom is -0.489 e. The van der Waals surface area contributed by atoms with Gasteiger partial charge < -0.3 is 15.2 Å². The number of hydrogen-bond donors (Lipinski definition) is 2. The SMILES string of the molecule is Cc1ccc(OC2C(C)(C)C(NC(=O)c3cnn(CCO)c3)C2(C)C)cc1Cl. The Bertz CT molecular complexity index is 860. The van der Waals surface area contributed by atoms with Gasteiger partial charge in [-0.3, -0.25) is 9.48 Å². The van der Waals surface area contributed by atoms with Crippen LogP contribution in [-0.4, -0.2) is 39.5 Å². The number of benzene rings is 1. The Kier molecular flexibility index (Phi) is 5.47. The molecule has 28 heavy (non-hydrogen) atoms. The summed E-state index contributed by atoms with van der Waals surface area (Å²) in [5, 5.41) is 16.9. The fourth-order valence-corrected chi connectivity index (χ4v) is 4.67. The molecule has 3 rings (SSSR count). The van der Waals surface area contributed by atoms with Gasteiger partial charge in [-0.1, -0.05) is 45.4 Å². The topological polar surface area (TPSA) is 76.4 Å². The maximum Gasteiger partial charge on any atom is 0.254 e. The number of ether oxygens (including phenoxy) is 1. The molecular weight excluding hydrogens is 378 g/mol. The third-order valence-corrected chi connectivity index (χ3v) is 6.14. The molecule has 1 aliphatic carbocycles. The molecule has 0 saturated heterocycles. The quantitative estimate of drug-likeness (QED) is 0.771. The Morgan fingerprint density at radius 3 is 2.61 bits per heavy atom. The van der Waals surface area contributed by atoms with Crippen LogP contribution in [0.15, 0.2) is 30.6 Å². The van der Waals surface area contributed by atoms with Crippen LogP contribution in [0.3, 0.4) is 0 Å². The van der Waals surface area contributed by atoms with E-state index in [1.54, 1.807) is 10.9 Å². The number of hydrogen-bond acceptors (Lipinski definition) is 4. The maximum atomic E-state index is 12.7. The highest BCUT2D eigenvalue weighted by molar-refractivity contribution is 6.31. The molecule has 0 unspecified atom stereocenters. The zero-order valence-electron chi connectivity index (χ0n) is 17.0. The van der Waals surface area contributed by atoms with Gasteiger partial charge in [0.1, 0.15) is 11.9 Å². The number of rotatable bonds is 6. The summed E-state index contributed by atoms with van der Waals surface area (Å²) in [6, 6.07) is 5.64. The van der Waals surface area contributed by atoms with Gasteiger partial charge in [-0.15, -0.1) is 0 Å². The van der Waals surface area contributed by atoms with Crippen LogP contribution in [0.4, 0.5) is 0 Å². The number of aliphatic hydroxyl groups is 1. The number of aromatic nitrogens is 2. The Balaban J connectivity index is 1.72. The van der Waals surface area contributed by atoms with Gasteiger partial charge in [0.25, 0.3) is 5.91 Å². The minimum atomic E-state index is -0.266. The van der Waals surface area contributed by atoms with Crippen molar-refractivity contribution in [1.82, 2.24) is 15.1 Å². The number of carbonyl (C=O) groups excluding carboxylic acids is 1. The molecule has 1 amide bonds. The predicted octanol–water partition coefficient (Wildman–Crippen LogP) is 3.45. The second kappa shape index (κ2) is 7.41. The fourth-order valence-electron chi connectivity index (χ4n) is 4.50. The first-order valence-corrected chi connectivity index (χ1v) is 9.82. The van der Waals surface area contributed by atoms with Gasteiger partial charge in [-0.05, 0) is 24.6 Å². The van der Waals surface area contributed by atoms with Crippen LogP contribution in [-0.2, 0) is 6.54 Å². The van der Waals surface area contributed by atoms with Crippen molar-refractivity contribution in [2.75, 3.05) is 6.61 Å². The van der Waals surface area contributed by atoms with Crippen molar-refractivity contribution < 1.29 is 14.6 Å². The van der Waals surface area contributed by atoms with Gasteiger partial charge in [0, 0.05) is 28.1 Å². The smallest absolute Gasteiger partial charge is 0.254 e. The zero-order valence-corrected chi connectivity index (χ0v) is 17.7. The average Bonchev–Trinajstić information content (AvgIpc) is 3.09. The molecule has 1 heterocycles. The molecule has 152 valence electrons. The van der Waals surface area contributed by atoms with Crippen LogP contribution in [0, 0.1) is 17.8 Å². The molecule has 1 aliphatic rings. The van der Waals surface area contributed by atoms with Crippen LogP contribution in [0.5, 0.6) is 5.75 Å². The van der Waals surface area contributed by atoms with Gasteiger partial charge in [-0.25, -0.2) is 0 Å². The van der Waals surface area contributed by atoms with Crippen LogP contribution >= 0.6 is 11.6 Å². The first-order valence-electron chi connectivity index (χ1n) is 9.44. The van der Waals surface area contributed by atoms with Crippen molar-refractivity contribution in [2.45, 2.75) is 53.3 Å². The van der Waals surface area contributed by atoms with E-state index in [1.807, 2.05) is 25.1 Å². The molecule has 2 N–H and O–H groups in total. The van der Waals surface area contributed by atoms with E-state index in [1.165, 1.54) is 6.20 Å². The molecular formula is C21H28ClN3O3. The lowest BCUT2D eigenvalue weighted by Gasteiger charge is -2.63. The number of amides is 1. The van der Waals surface area contributed by atoms with Crippen molar-refractivity contribution in [3.8, 4) is 5.75 Å². The molecule has 2 aromatic rings. The van der Waals surface area contributed by atoms with E-state index in [0.717, 1.165) is 11.3 Å². The molecule has 1 fully saturated rings. The summed E-state index contributed by atoms with van der Waals surface area (Å²) >= 11 is 6.23. The highest BCUT2D eigenvalue weighted by Crippen LogP contribution is 2.55. The van der Waals surface area contributed by atoms with Gasteiger partial charge in [0.2, 0.25) is 0 Å². The minimum absolute atomic E-state index is 0.0204. The maximum absolute atomic E-state index is 12.7. The Hall–Kier alpha value is -2.05. The lowest BCUT2D eigenvalue weighted by molar-refractivity contribution is -0.164. The molecule has 0 bridgehead atoms. The molecule has 0 aliphatic heterocycles. The monoisotopic (exact) mass is 405 g/mol. The number of nitrogens with one attached hydrogen (secondary N) is 1. The third kappa shape index (κ3) is 3.63. The van der Waals surface area contributed by atoms with E-state index in [-0.39, 0.29) is 35.5 Å². The van der Waals surface area contributed by atoms with Gasteiger partial charge in [0.05, 0.1) is 24.9 Å². The predicted molar refractivity (Wildman–Crippen MR) is 109 cm³/mol. The summed E-state index contributed by atoms with van der Waals surface area (Å²) in [6.07, 6.45) is 3.08. The van der Waals surface area contributed by atoms with E-state index in [9.17, 15) is 4.79 Å². The molecule has 1 saturated carbocycles. The summed E-state index contributed by atoms with van der Waals surface area (Å²) in [5.41, 5.74) is 0.956. The van der Waals surface area contributed by atoms with E-state index >= 15 is 0 Å². The van der Waals surface area contributed by atoms with Crippen molar-refractivity contribution in [3.63, 3.8) is 0 Å². The van der Waals surface area contributed by atoms with Crippen LogP contribution in [0.2, 0.25) is 5.02 Å². The molecule has 0 atom stereocenters. The summed E-state index contributed by atoms with van der Waals surface area (Å²) in [6.45, 7) is 10.7. The van der Waals surface area contributed by atoms with Crippen molar-refractivity contribution in [2.24, 2.45) is 10.8 Å². The van der Waals surface area contributed by atoms with Gasteiger partial charge in [-0.2, -0.15) is 5.10 Å². The second-order valence-corrected chi connectivity index (χ2v) is 9.08. The summed E-state index contributed by atoms with van der Waals surface area (Å²) in [4.78, 5) is 12.7. The van der Waals surface area contributed by atoms with Crippen molar-refractivity contribution in [1.29, 1.82) is 0 Å². The van der Waals surface area contributed by atoms with Crippen LogP contribution in [0.1, 0.15) is 43.6 Å². The molecule has 0 radical (unpaired) electrons. The zero-order chi connectivity index (χ0) is 20.7. The van der Waals surface area contributed by atoms with E-state index in [0.29, 0.717) is 17.1 Å². The van der Waals surface area contributed by atoms with Gasteiger partial charge >= 0.3 is 0 Å². The largest absolute Gasteiger partial charge is 0.489 e. The molecule has 6 nitrogen and oxygen atoms in total. The second-order valence-electron chi connectivity index (χ2n) is 8.67. The Morgan fingerprint density at radius 1 is 1.32 bits per heavy atom. The highest BCUT2D eigenvalue weighted by Gasteiger charge is 2.64. The molecule has 1 aromatic heterocycles. The van der Waals surface area contributed by atoms with Gasteiger partial charge in [0.15, 0.2) is 0 Å². The Labute approximate surface area is 170 Å². The summed E-state index contributed by atoms with van der Waals surface area (Å²) < 4.78 is 7.84. The number of halogens is 1. The molecule has 0 spiro atoms. The van der Waals surface area contributed by atoms with E-state index in [4.69, 9.17) is 21.4 Å². The first-order chi connectivity index (χ1) is 13.1. The highest BCUT2D eigenvalue weighted by atomic mass is 35.5. The van der Waals surface area contributed by atoms with Crippen LogP contribution < -0.4 is 10.1 Å². The standard InChI is InChI=1S/C21H28ClN3O3/c1-13-6-7-15(10-16(13)22)28-19-20(2,3)18(21(19,4)5)24-17(27)14-11-23-25(12-14)8-9-26/h6-7,10-12,18-19,26H,8-9H2,1-5H3,(H,24,27). The van der Waals surface area contributed by atoms with Crippen molar-refractivity contribution in [3.05, 3.63) is 46.7 Å². The van der Waals surface area contributed by atoms with Crippen LogP contribution in [0.25, 0.3) is 0 Å². The fraction of sp³-hybridized carbons (Fsp3) is 0.524. The molecule has 1 aromatic carbocycles. The van der Waals surface area contributed by atoms with E-state index in [2.05, 4.69) is 38.1 Å². The molecule has 7 heteroatoms.